The maximum atomic E-state index is 13.0. The zero-order valence-electron chi connectivity index (χ0n) is 10.9. The normalized spacial score (nSPS) is 11.4. The number of aryl methyl sites for hydroxylation is 1. The number of halogens is 3. The van der Waals surface area contributed by atoms with Crippen LogP contribution in [0.2, 0.25) is 0 Å². The number of hydrogen-bond donors (Lipinski definition) is 1. The van der Waals surface area contributed by atoms with Crippen molar-refractivity contribution in [3.8, 4) is 5.75 Å². The van der Waals surface area contributed by atoms with Crippen LogP contribution in [0.5, 0.6) is 5.75 Å². The summed E-state index contributed by atoms with van der Waals surface area (Å²) in [6, 6.07) is 3.77. The van der Waals surface area contributed by atoms with Crippen molar-refractivity contribution in [3.05, 3.63) is 35.7 Å². The Balaban J connectivity index is 2.25. The second-order valence-corrected chi connectivity index (χ2v) is 4.11. The van der Waals surface area contributed by atoms with Crippen LogP contribution < -0.4 is 10.1 Å². The van der Waals surface area contributed by atoms with Gasteiger partial charge >= 0.3 is 6.18 Å². The summed E-state index contributed by atoms with van der Waals surface area (Å²) in [5.41, 5.74) is -0.111. The van der Waals surface area contributed by atoms with Gasteiger partial charge in [-0.3, -0.25) is 4.68 Å². The molecule has 0 unspecified atom stereocenters. The Morgan fingerprint density at radius 1 is 1.35 bits per heavy atom. The first-order chi connectivity index (χ1) is 9.41. The average Bonchev–Trinajstić information content (AvgIpc) is 2.80. The molecule has 108 valence electrons. The molecular weight excluding hydrogens is 273 g/mol. The first-order valence-corrected chi connectivity index (χ1v) is 5.74. The Labute approximate surface area is 113 Å². The molecule has 0 radical (unpaired) electrons. The highest BCUT2D eigenvalue weighted by Crippen LogP contribution is 2.37. The van der Waals surface area contributed by atoms with E-state index >= 15 is 0 Å². The second-order valence-electron chi connectivity index (χ2n) is 4.11. The van der Waals surface area contributed by atoms with Crippen molar-refractivity contribution in [2.75, 3.05) is 12.4 Å². The number of aromatic nitrogens is 3. The minimum atomic E-state index is -4.46. The molecule has 0 saturated heterocycles. The summed E-state index contributed by atoms with van der Waals surface area (Å²) in [5, 5.41) is 10.1. The predicted octanol–water partition coefficient (Wildman–Crippen LogP) is 2.45. The fourth-order valence-corrected chi connectivity index (χ4v) is 1.70. The molecule has 2 rings (SSSR count). The van der Waals surface area contributed by atoms with Crippen molar-refractivity contribution in [3.63, 3.8) is 0 Å². The molecule has 0 fully saturated rings. The summed E-state index contributed by atoms with van der Waals surface area (Å²) < 4.78 is 45.3. The lowest BCUT2D eigenvalue weighted by atomic mass is 10.1. The zero-order chi connectivity index (χ0) is 14.8. The third-order valence-electron chi connectivity index (χ3n) is 2.80. The van der Waals surface area contributed by atoms with Crippen molar-refractivity contribution < 1.29 is 17.9 Å². The molecule has 0 bridgehead atoms. The van der Waals surface area contributed by atoms with E-state index < -0.39 is 11.7 Å². The Morgan fingerprint density at radius 3 is 2.65 bits per heavy atom. The van der Waals surface area contributed by atoms with Gasteiger partial charge in [0.15, 0.2) is 0 Å². The van der Waals surface area contributed by atoms with Crippen molar-refractivity contribution in [1.82, 2.24) is 15.0 Å². The van der Waals surface area contributed by atoms with Crippen molar-refractivity contribution in [2.24, 2.45) is 7.05 Å². The number of nitrogens with one attached hydrogen (secondary N) is 1. The van der Waals surface area contributed by atoms with Gasteiger partial charge in [0.1, 0.15) is 5.75 Å². The summed E-state index contributed by atoms with van der Waals surface area (Å²) in [6.45, 7) is 0.193. The molecule has 0 amide bonds. The molecule has 0 aliphatic heterocycles. The molecule has 5 nitrogen and oxygen atoms in total. The number of hydrogen-bond acceptors (Lipinski definition) is 4. The number of anilines is 1. The summed E-state index contributed by atoms with van der Waals surface area (Å²) in [6.07, 6.45) is -2.97. The smallest absolute Gasteiger partial charge is 0.418 e. The van der Waals surface area contributed by atoms with Gasteiger partial charge in [-0.2, -0.15) is 13.2 Å². The van der Waals surface area contributed by atoms with E-state index in [0.717, 1.165) is 6.07 Å². The van der Waals surface area contributed by atoms with Crippen LogP contribution in [-0.2, 0) is 19.8 Å². The van der Waals surface area contributed by atoms with Gasteiger partial charge in [0.25, 0.3) is 0 Å². The monoisotopic (exact) mass is 286 g/mol. The van der Waals surface area contributed by atoms with E-state index in [-0.39, 0.29) is 18.0 Å². The summed E-state index contributed by atoms with van der Waals surface area (Å²) in [4.78, 5) is 0. The number of alkyl halides is 3. The number of ether oxygens (including phenoxy) is 1. The minimum absolute atomic E-state index is 0.0144. The van der Waals surface area contributed by atoms with Gasteiger partial charge in [-0.15, -0.1) is 5.10 Å². The van der Waals surface area contributed by atoms with Gasteiger partial charge in [0.2, 0.25) is 0 Å². The van der Waals surface area contributed by atoms with E-state index in [9.17, 15) is 13.2 Å². The van der Waals surface area contributed by atoms with E-state index in [1.165, 1.54) is 30.1 Å². The molecular formula is C12H13F3N4O. The molecule has 1 aromatic heterocycles. The topological polar surface area (TPSA) is 52.0 Å². The molecule has 0 spiro atoms. The van der Waals surface area contributed by atoms with Crippen LogP contribution >= 0.6 is 0 Å². The van der Waals surface area contributed by atoms with Crippen LogP contribution in [0.4, 0.5) is 18.9 Å². The lowest BCUT2D eigenvalue weighted by Gasteiger charge is -2.15. The maximum Gasteiger partial charge on any atom is 0.418 e. The molecule has 20 heavy (non-hydrogen) atoms. The highest BCUT2D eigenvalue weighted by atomic mass is 19.4. The molecule has 0 aliphatic rings. The van der Waals surface area contributed by atoms with Gasteiger partial charge in [0, 0.05) is 12.7 Å². The highest BCUT2D eigenvalue weighted by molar-refractivity contribution is 5.55. The van der Waals surface area contributed by atoms with E-state index in [2.05, 4.69) is 15.6 Å². The molecule has 0 aliphatic carbocycles. The Morgan fingerprint density at radius 2 is 2.10 bits per heavy atom. The quantitative estimate of drug-likeness (QED) is 0.938. The maximum absolute atomic E-state index is 13.0. The molecule has 0 saturated carbocycles. The van der Waals surface area contributed by atoms with Gasteiger partial charge in [-0.05, 0) is 18.2 Å². The van der Waals surface area contributed by atoms with Crippen molar-refractivity contribution in [1.29, 1.82) is 0 Å². The van der Waals surface area contributed by atoms with Crippen LogP contribution in [0.3, 0.4) is 0 Å². The molecule has 2 aromatic rings. The third kappa shape index (κ3) is 3.01. The van der Waals surface area contributed by atoms with Crippen LogP contribution in [0.15, 0.2) is 24.4 Å². The Hall–Kier alpha value is -2.25. The van der Waals surface area contributed by atoms with Crippen molar-refractivity contribution >= 4 is 5.69 Å². The predicted molar refractivity (Wildman–Crippen MR) is 66.3 cm³/mol. The SMILES string of the molecule is COc1ccc(NCc2cnnn2C)c(C(F)(F)F)c1. The largest absolute Gasteiger partial charge is 0.497 e. The first-order valence-electron chi connectivity index (χ1n) is 5.74. The molecule has 0 atom stereocenters. The average molecular weight is 286 g/mol. The molecule has 1 N–H and O–H groups in total. The van der Waals surface area contributed by atoms with Crippen molar-refractivity contribution in [2.45, 2.75) is 12.7 Å². The van der Waals surface area contributed by atoms with E-state index in [1.54, 1.807) is 7.05 Å². The summed E-state index contributed by atoms with van der Waals surface area (Å²) >= 11 is 0. The van der Waals surface area contributed by atoms with Gasteiger partial charge in [0.05, 0.1) is 31.1 Å². The van der Waals surface area contributed by atoms with E-state index in [1.807, 2.05) is 0 Å². The summed E-state index contributed by atoms with van der Waals surface area (Å²) in [7, 11) is 2.99. The van der Waals surface area contributed by atoms with Crippen LogP contribution in [0.1, 0.15) is 11.3 Å². The fourth-order valence-electron chi connectivity index (χ4n) is 1.70. The van der Waals surface area contributed by atoms with E-state index in [4.69, 9.17) is 4.74 Å². The van der Waals surface area contributed by atoms with Gasteiger partial charge in [-0.1, -0.05) is 5.21 Å². The molecule has 8 heteroatoms. The third-order valence-corrected chi connectivity index (χ3v) is 2.80. The van der Waals surface area contributed by atoms with Gasteiger partial charge in [-0.25, -0.2) is 0 Å². The van der Waals surface area contributed by atoms with Crippen LogP contribution in [0.25, 0.3) is 0 Å². The van der Waals surface area contributed by atoms with Crippen LogP contribution in [-0.4, -0.2) is 22.1 Å². The first kappa shape index (κ1) is 14.2. The fraction of sp³-hybridized carbons (Fsp3) is 0.333. The molecule has 1 aromatic carbocycles. The number of benzene rings is 1. The van der Waals surface area contributed by atoms with Gasteiger partial charge < -0.3 is 10.1 Å². The van der Waals surface area contributed by atoms with Crippen LogP contribution in [0, 0.1) is 0 Å². The second kappa shape index (κ2) is 5.40. The Bertz CT molecular complexity index is 595. The standard InChI is InChI=1S/C12H13F3N4O/c1-19-8(7-17-18-19)6-16-11-4-3-9(20-2)5-10(11)12(13,14)15/h3-5,7,16H,6H2,1-2H3. The number of rotatable bonds is 4. The summed E-state index contributed by atoms with van der Waals surface area (Å²) in [5.74, 6) is 0.157. The number of methoxy groups -OCH3 is 1. The lowest BCUT2D eigenvalue weighted by Crippen LogP contribution is -2.12. The lowest BCUT2D eigenvalue weighted by molar-refractivity contribution is -0.137. The zero-order valence-corrected chi connectivity index (χ0v) is 10.9. The highest BCUT2D eigenvalue weighted by Gasteiger charge is 2.34. The number of nitrogens with zero attached hydrogens (tertiary/aromatic N) is 3. The Kier molecular flexibility index (Phi) is 3.82. The minimum Gasteiger partial charge on any atom is -0.497 e. The van der Waals surface area contributed by atoms with E-state index in [0.29, 0.717) is 5.69 Å². The molecule has 1 heterocycles.